The lowest BCUT2D eigenvalue weighted by Gasteiger charge is -2.25. The average Bonchev–Trinajstić information content (AvgIpc) is 2.63. The second kappa shape index (κ2) is 13.7. The quantitative estimate of drug-likeness (QED) is 0.661. The average molecular weight is 353 g/mol. The summed E-state index contributed by atoms with van der Waals surface area (Å²) in [5.74, 6) is 0.993. The van der Waals surface area contributed by atoms with Crippen molar-refractivity contribution in [2.45, 2.75) is 65.5 Å². The predicted molar refractivity (Wildman–Crippen MR) is 105 cm³/mol. The van der Waals surface area contributed by atoms with E-state index in [0.717, 1.165) is 25.7 Å². The molecule has 3 N–H and O–H groups in total. The molecule has 1 rings (SSSR count). The molecule has 1 aromatic carbocycles. The largest absolute Gasteiger partial charge is 0.497 e. The SMILES string of the molecule is CC.CCCC(CC)CC(N)C(OC)C(=O)Nc1cccc(OC)c1. The highest BCUT2D eigenvalue weighted by Gasteiger charge is 2.27. The number of rotatable bonds is 10. The van der Waals surface area contributed by atoms with Gasteiger partial charge in [0.1, 0.15) is 5.75 Å². The second-order valence-electron chi connectivity index (χ2n) is 5.84. The van der Waals surface area contributed by atoms with Crippen LogP contribution in [0.25, 0.3) is 0 Å². The molecule has 5 nitrogen and oxygen atoms in total. The Bertz CT molecular complexity index is 480. The lowest BCUT2D eigenvalue weighted by atomic mass is 9.91. The first-order chi connectivity index (χ1) is 12.0. The molecule has 0 bridgehead atoms. The maximum absolute atomic E-state index is 12.5. The van der Waals surface area contributed by atoms with Crippen LogP contribution in [0.4, 0.5) is 5.69 Å². The Hall–Kier alpha value is -1.59. The number of carbonyl (C=O) groups excluding carboxylic acids is 1. The molecule has 0 saturated heterocycles. The molecule has 0 aliphatic heterocycles. The summed E-state index contributed by atoms with van der Waals surface area (Å²) in [5, 5.41) is 2.85. The number of nitrogens with one attached hydrogen (secondary N) is 1. The van der Waals surface area contributed by atoms with Gasteiger partial charge in [-0.15, -0.1) is 0 Å². The minimum absolute atomic E-state index is 0.223. The first-order valence-corrected chi connectivity index (χ1v) is 9.28. The molecule has 144 valence electrons. The molecule has 25 heavy (non-hydrogen) atoms. The Balaban J connectivity index is 0.00000277. The molecule has 1 amide bonds. The lowest BCUT2D eigenvalue weighted by Crippen LogP contribution is -2.45. The smallest absolute Gasteiger partial charge is 0.255 e. The minimum Gasteiger partial charge on any atom is -0.497 e. The third kappa shape index (κ3) is 8.36. The standard InChI is InChI=1S/C18H30N2O3.C2H6/c1-5-8-13(6-2)11-16(19)17(23-4)18(21)20-14-9-7-10-15(12-14)22-3;1-2/h7,9-10,12-13,16-17H,5-6,8,11,19H2,1-4H3,(H,20,21);1-2H3. The van der Waals surface area contributed by atoms with E-state index >= 15 is 0 Å². The number of anilines is 1. The summed E-state index contributed by atoms with van der Waals surface area (Å²) in [4.78, 5) is 12.5. The third-order valence-corrected chi connectivity index (χ3v) is 4.12. The summed E-state index contributed by atoms with van der Waals surface area (Å²) in [6.07, 6.45) is 3.44. The van der Waals surface area contributed by atoms with Crippen molar-refractivity contribution in [2.75, 3.05) is 19.5 Å². The third-order valence-electron chi connectivity index (χ3n) is 4.12. The van der Waals surface area contributed by atoms with Crippen molar-refractivity contribution in [2.24, 2.45) is 11.7 Å². The molecule has 0 heterocycles. The highest BCUT2D eigenvalue weighted by molar-refractivity contribution is 5.94. The van der Waals surface area contributed by atoms with Crippen LogP contribution in [-0.2, 0) is 9.53 Å². The van der Waals surface area contributed by atoms with Gasteiger partial charge in [-0.2, -0.15) is 0 Å². The van der Waals surface area contributed by atoms with Gasteiger partial charge in [-0.05, 0) is 24.5 Å². The molecule has 1 aromatic rings. The van der Waals surface area contributed by atoms with Gasteiger partial charge >= 0.3 is 0 Å². The van der Waals surface area contributed by atoms with Gasteiger partial charge in [0, 0.05) is 24.9 Å². The Kier molecular flexibility index (Phi) is 12.8. The minimum atomic E-state index is -0.660. The van der Waals surface area contributed by atoms with E-state index in [4.69, 9.17) is 15.2 Å². The van der Waals surface area contributed by atoms with Crippen LogP contribution in [0.3, 0.4) is 0 Å². The van der Waals surface area contributed by atoms with Crippen molar-refractivity contribution in [1.82, 2.24) is 0 Å². The van der Waals surface area contributed by atoms with Gasteiger partial charge < -0.3 is 20.5 Å². The van der Waals surface area contributed by atoms with Crippen molar-refractivity contribution in [1.29, 1.82) is 0 Å². The molecule has 0 spiro atoms. The van der Waals surface area contributed by atoms with Gasteiger partial charge in [-0.25, -0.2) is 0 Å². The Morgan fingerprint density at radius 1 is 1.24 bits per heavy atom. The van der Waals surface area contributed by atoms with E-state index in [-0.39, 0.29) is 11.9 Å². The number of hydrogen-bond acceptors (Lipinski definition) is 4. The number of carbonyl (C=O) groups is 1. The van der Waals surface area contributed by atoms with Crippen LogP contribution in [0.15, 0.2) is 24.3 Å². The van der Waals surface area contributed by atoms with Crippen LogP contribution < -0.4 is 15.8 Å². The number of amides is 1. The van der Waals surface area contributed by atoms with E-state index in [0.29, 0.717) is 17.4 Å². The van der Waals surface area contributed by atoms with E-state index in [1.54, 1.807) is 13.2 Å². The highest BCUT2D eigenvalue weighted by Crippen LogP contribution is 2.20. The molecule has 3 unspecified atom stereocenters. The number of nitrogens with two attached hydrogens (primary N) is 1. The monoisotopic (exact) mass is 352 g/mol. The zero-order valence-electron chi connectivity index (χ0n) is 16.7. The van der Waals surface area contributed by atoms with Gasteiger partial charge in [0.15, 0.2) is 6.10 Å². The summed E-state index contributed by atoms with van der Waals surface area (Å²) < 4.78 is 10.5. The lowest BCUT2D eigenvalue weighted by molar-refractivity contribution is -0.127. The van der Waals surface area contributed by atoms with E-state index in [9.17, 15) is 4.79 Å². The van der Waals surface area contributed by atoms with Crippen LogP contribution in [0.1, 0.15) is 53.4 Å². The van der Waals surface area contributed by atoms with Crippen molar-refractivity contribution in [3.05, 3.63) is 24.3 Å². The first kappa shape index (κ1) is 23.4. The Morgan fingerprint density at radius 3 is 2.44 bits per heavy atom. The summed E-state index contributed by atoms with van der Waals surface area (Å²) in [7, 11) is 3.11. The van der Waals surface area contributed by atoms with E-state index in [1.807, 2.05) is 32.0 Å². The van der Waals surface area contributed by atoms with Crippen LogP contribution in [0.2, 0.25) is 0 Å². The summed E-state index contributed by atoms with van der Waals surface area (Å²) in [5.41, 5.74) is 6.91. The summed E-state index contributed by atoms with van der Waals surface area (Å²) in [6.45, 7) is 8.32. The summed E-state index contributed by atoms with van der Waals surface area (Å²) >= 11 is 0. The first-order valence-electron chi connectivity index (χ1n) is 9.28. The fraction of sp³-hybridized carbons (Fsp3) is 0.650. The molecule has 5 heteroatoms. The molecule has 0 aliphatic carbocycles. The number of methoxy groups -OCH3 is 2. The Morgan fingerprint density at radius 2 is 1.92 bits per heavy atom. The van der Waals surface area contributed by atoms with Gasteiger partial charge in [0.05, 0.1) is 7.11 Å². The molecular weight excluding hydrogens is 316 g/mol. The van der Waals surface area contributed by atoms with Crippen molar-refractivity contribution >= 4 is 11.6 Å². The zero-order chi connectivity index (χ0) is 19.2. The molecule has 3 atom stereocenters. The second-order valence-corrected chi connectivity index (χ2v) is 5.84. The van der Waals surface area contributed by atoms with Crippen molar-refractivity contribution < 1.29 is 14.3 Å². The topological polar surface area (TPSA) is 73.6 Å². The fourth-order valence-electron chi connectivity index (χ4n) is 2.80. The molecule has 0 radical (unpaired) electrons. The maximum atomic E-state index is 12.5. The van der Waals surface area contributed by atoms with Gasteiger partial charge in [-0.1, -0.05) is 53.0 Å². The normalized spacial score (nSPS) is 13.9. The Labute approximate surface area is 153 Å². The molecule has 0 saturated carbocycles. The zero-order valence-corrected chi connectivity index (χ0v) is 16.7. The van der Waals surface area contributed by atoms with Crippen molar-refractivity contribution in [3.8, 4) is 5.75 Å². The van der Waals surface area contributed by atoms with Crippen molar-refractivity contribution in [3.63, 3.8) is 0 Å². The van der Waals surface area contributed by atoms with Crippen LogP contribution in [0, 0.1) is 5.92 Å². The van der Waals surface area contributed by atoms with E-state index in [2.05, 4.69) is 19.2 Å². The van der Waals surface area contributed by atoms with Crippen LogP contribution in [0.5, 0.6) is 5.75 Å². The van der Waals surface area contributed by atoms with E-state index in [1.165, 1.54) is 7.11 Å². The highest BCUT2D eigenvalue weighted by atomic mass is 16.5. The number of ether oxygens (including phenoxy) is 2. The maximum Gasteiger partial charge on any atom is 0.255 e. The van der Waals surface area contributed by atoms with Gasteiger partial charge in [0.2, 0.25) is 0 Å². The predicted octanol–water partition coefficient (Wildman–Crippen LogP) is 4.22. The van der Waals surface area contributed by atoms with Gasteiger partial charge in [-0.3, -0.25) is 4.79 Å². The number of benzene rings is 1. The van der Waals surface area contributed by atoms with Crippen LogP contribution in [-0.4, -0.2) is 32.3 Å². The van der Waals surface area contributed by atoms with E-state index < -0.39 is 6.10 Å². The van der Waals surface area contributed by atoms with Gasteiger partial charge in [0.25, 0.3) is 5.91 Å². The van der Waals surface area contributed by atoms with Crippen LogP contribution >= 0.6 is 0 Å². The molecule has 0 aliphatic rings. The molecular formula is C20H36N2O3. The molecule has 0 fully saturated rings. The molecule has 0 aromatic heterocycles. The fourth-order valence-corrected chi connectivity index (χ4v) is 2.80. The summed E-state index contributed by atoms with van der Waals surface area (Å²) in [6, 6.07) is 6.91. The number of hydrogen-bond donors (Lipinski definition) is 2.